The number of hydrogen-bond acceptors (Lipinski definition) is 3. The number of carbonyl (C=O) groups excluding carboxylic acids is 1. The van der Waals surface area contributed by atoms with Gasteiger partial charge in [-0.05, 0) is 17.5 Å². The standard InChI is InChI=1S/C12H14BrClFNO3S/c1-12(2,3)6-16-11(17)8-4-7(13)5-9(10(8)15)20(14,18)19/h4-5H,6H2,1-3H3,(H,16,17). The maximum absolute atomic E-state index is 14.1. The third-order valence-electron chi connectivity index (χ3n) is 2.29. The molecule has 1 N–H and O–H groups in total. The Labute approximate surface area is 130 Å². The highest BCUT2D eigenvalue weighted by atomic mass is 79.9. The van der Waals surface area contributed by atoms with Gasteiger partial charge in [0.1, 0.15) is 4.90 Å². The first-order valence-corrected chi connectivity index (χ1v) is 8.74. The minimum Gasteiger partial charge on any atom is -0.351 e. The predicted molar refractivity (Wildman–Crippen MR) is 78.9 cm³/mol. The van der Waals surface area contributed by atoms with Gasteiger partial charge in [-0.2, -0.15) is 0 Å². The molecular weight excluding hydrogens is 373 g/mol. The average Bonchev–Trinajstić information content (AvgIpc) is 2.26. The molecule has 0 radical (unpaired) electrons. The molecule has 1 aromatic rings. The molecule has 0 saturated carbocycles. The molecule has 1 amide bonds. The van der Waals surface area contributed by atoms with E-state index < -0.39 is 25.7 Å². The smallest absolute Gasteiger partial charge is 0.264 e. The summed E-state index contributed by atoms with van der Waals surface area (Å²) in [6.45, 7) is 6.03. The van der Waals surface area contributed by atoms with Crippen LogP contribution < -0.4 is 5.32 Å². The van der Waals surface area contributed by atoms with Gasteiger partial charge in [-0.1, -0.05) is 36.7 Å². The van der Waals surface area contributed by atoms with Crippen LogP contribution in [0.15, 0.2) is 21.5 Å². The van der Waals surface area contributed by atoms with Crippen LogP contribution in [0.25, 0.3) is 0 Å². The van der Waals surface area contributed by atoms with Crippen LogP contribution in [0.4, 0.5) is 4.39 Å². The first-order valence-electron chi connectivity index (χ1n) is 5.64. The van der Waals surface area contributed by atoms with Gasteiger partial charge >= 0.3 is 0 Å². The summed E-state index contributed by atoms with van der Waals surface area (Å²) in [7, 11) is 0.874. The van der Waals surface area contributed by atoms with Gasteiger partial charge in [0.05, 0.1) is 5.56 Å². The first kappa shape index (κ1) is 17.4. The lowest BCUT2D eigenvalue weighted by Crippen LogP contribution is -2.33. The predicted octanol–water partition coefficient (Wildman–Crippen LogP) is 3.29. The number of hydrogen-bond donors (Lipinski definition) is 1. The van der Waals surface area contributed by atoms with E-state index in [0.717, 1.165) is 6.07 Å². The van der Waals surface area contributed by atoms with Crippen molar-refractivity contribution in [3.05, 3.63) is 28.0 Å². The zero-order valence-corrected chi connectivity index (χ0v) is 14.3. The molecule has 0 fully saturated rings. The number of benzene rings is 1. The van der Waals surface area contributed by atoms with Crippen LogP contribution >= 0.6 is 26.6 Å². The number of nitrogens with one attached hydrogen (secondary N) is 1. The van der Waals surface area contributed by atoms with Crippen molar-refractivity contribution in [2.24, 2.45) is 5.41 Å². The van der Waals surface area contributed by atoms with Crippen LogP contribution in [0.5, 0.6) is 0 Å². The van der Waals surface area contributed by atoms with Gasteiger partial charge in [-0.15, -0.1) is 0 Å². The summed E-state index contributed by atoms with van der Waals surface area (Å²) in [5.74, 6) is -1.85. The second-order valence-corrected chi connectivity index (χ2v) is 8.90. The van der Waals surface area contributed by atoms with Crippen LogP contribution in [-0.2, 0) is 9.05 Å². The molecule has 0 spiro atoms. The Hall–Kier alpha value is -0.660. The van der Waals surface area contributed by atoms with E-state index in [-0.39, 0.29) is 15.5 Å². The molecule has 0 aliphatic carbocycles. The van der Waals surface area contributed by atoms with Crippen molar-refractivity contribution in [1.29, 1.82) is 0 Å². The minimum atomic E-state index is -4.27. The van der Waals surface area contributed by atoms with Gasteiger partial charge in [-0.25, -0.2) is 12.8 Å². The SMILES string of the molecule is CC(C)(C)CNC(=O)c1cc(Br)cc(S(=O)(=O)Cl)c1F. The first-order chi connectivity index (χ1) is 8.92. The maximum atomic E-state index is 14.1. The highest BCUT2D eigenvalue weighted by molar-refractivity contribution is 9.10. The molecule has 8 heteroatoms. The molecule has 20 heavy (non-hydrogen) atoms. The molecule has 0 aliphatic rings. The quantitative estimate of drug-likeness (QED) is 0.811. The summed E-state index contributed by atoms with van der Waals surface area (Å²) in [4.78, 5) is 11.2. The van der Waals surface area contributed by atoms with Gasteiger partial charge < -0.3 is 5.32 Å². The Morgan fingerprint density at radius 3 is 2.40 bits per heavy atom. The Kier molecular flexibility index (Phi) is 5.21. The highest BCUT2D eigenvalue weighted by Crippen LogP contribution is 2.26. The van der Waals surface area contributed by atoms with Gasteiger partial charge in [-0.3, -0.25) is 4.79 Å². The third kappa shape index (κ3) is 4.71. The number of amides is 1. The fourth-order valence-corrected chi connectivity index (χ4v) is 2.89. The van der Waals surface area contributed by atoms with E-state index in [1.165, 1.54) is 6.07 Å². The van der Waals surface area contributed by atoms with E-state index in [4.69, 9.17) is 10.7 Å². The molecule has 0 saturated heterocycles. The van der Waals surface area contributed by atoms with Crippen molar-refractivity contribution >= 4 is 41.6 Å². The lowest BCUT2D eigenvalue weighted by atomic mass is 9.97. The van der Waals surface area contributed by atoms with Crippen LogP contribution in [-0.4, -0.2) is 20.9 Å². The van der Waals surface area contributed by atoms with Crippen LogP contribution in [0, 0.1) is 11.2 Å². The summed E-state index contributed by atoms with van der Waals surface area (Å²) in [6, 6.07) is 2.22. The highest BCUT2D eigenvalue weighted by Gasteiger charge is 2.24. The fourth-order valence-electron chi connectivity index (χ4n) is 1.35. The van der Waals surface area contributed by atoms with E-state index >= 15 is 0 Å². The van der Waals surface area contributed by atoms with E-state index in [0.29, 0.717) is 6.54 Å². The Balaban J connectivity index is 3.20. The fraction of sp³-hybridized carbons (Fsp3) is 0.417. The van der Waals surface area contributed by atoms with Crippen molar-refractivity contribution in [1.82, 2.24) is 5.32 Å². The zero-order chi connectivity index (χ0) is 15.7. The van der Waals surface area contributed by atoms with Crippen LogP contribution in [0.2, 0.25) is 0 Å². The van der Waals surface area contributed by atoms with Crippen molar-refractivity contribution in [2.45, 2.75) is 25.7 Å². The Morgan fingerprint density at radius 2 is 1.95 bits per heavy atom. The molecule has 0 heterocycles. The molecular formula is C12H14BrClFNO3S. The third-order valence-corrected chi connectivity index (χ3v) is 4.07. The second-order valence-electron chi connectivity index (χ2n) is 5.45. The van der Waals surface area contributed by atoms with Crippen molar-refractivity contribution in [3.63, 3.8) is 0 Å². The topological polar surface area (TPSA) is 63.2 Å². The Bertz CT molecular complexity index is 641. The summed E-state index contributed by atoms with van der Waals surface area (Å²) in [5, 5.41) is 2.55. The molecule has 0 atom stereocenters. The van der Waals surface area contributed by atoms with Crippen molar-refractivity contribution < 1.29 is 17.6 Å². The monoisotopic (exact) mass is 385 g/mol. The lowest BCUT2D eigenvalue weighted by Gasteiger charge is -2.19. The number of carbonyl (C=O) groups is 1. The van der Waals surface area contributed by atoms with Crippen LogP contribution in [0.1, 0.15) is 31.1 Å². The molecule has 4 nitrogen and oxygen atoms in total. The molecule has 112 valence electrons. The Morgan fingerprint density at radius 1 is 1.40 bits per heavy atom. The molecule has 0 bridgehead atoms. The van der Waals surface area contributed by atoms with Gasteiger partial charge in [0, 0.05) is 21.7 Å². The van der Waals surface area contributed by atoms with E-state index in [1.807, 2.05) is 20.8 Å². The van der Waals surface area contributed by atoms with Crippen molar-refractivity contribution in [2.75, 3.05) is 6.54 Å². The summed E-state index contributed by atoms with van der Waals surface area (Å²) < 4.78 is 36.9. The molecule has 1 rings (SSSR count). The summed E-state index contributed by atoms with van der Waals surface area (Å²) >= 11 is 3.03. The molecule has 0 aliphatic heterocycles. The maximum Gasteiger partial charge on any atom is 0.264 e. The van der Waals surface area contributed by atoms with Gasteiger partial charge in [0.2, 0.25) is 0 Å². The number of rotatable bonds is 3. The second kappa shape index (κ2) is 5.99. The summed E-state index contributed by atoms with van der Waals surface area (Å²) in [5.41, 5.74) is -0.553. The number of halogens is 3. The van der Waals surface area contributed by atoms with E-state index in [2.05, 4.69) is 21.2 Å². The normalized spacial score (nSPS) is 12.3. The van der Waals surface area contributed by atoms with Crippen molar-refractivity contribution in [3.8, 4) is 0 Å². The van der Waals surface area contributed by atoms with E-state index in [1.54, 1.807) is 0 Å². The molecule has 1 aromatic carbocycles. The van der Waals surface area contributed by atoms with E-state index in [9.17, 15) is 17.6 Å². The van der Waals surface area contributed by atoms with Gasteiger partial charge in [0.25, 0.3) is 15.0 Å². The van der Waals surface area contributed by atoms with Gasteiger partial charge in [0.15, 0.2) is 5.82 Å². The summed E-state index contributed by atoms with van der Waals surface area (Å²) in [6.07, 6.45) is 0. The lowest BCUT2D eigenvalue weighted by molar-refractivity contribution is 0.0934. The molecule has 0 aromatic heterocycles. The zero-order valence-electron chi connectivity index (χ0n) is 11.1. The van der Waals surface area contributed by atoms with Crippen LogP contribution in [0.3, 0.4) is 0 Å². The minimum absolute atomic E-state index is 0.181. The average molecular weight is 387 g/mol. The largest absolute Gasteiger partial charge is 0.351 e. The molecule has 0 unspecified atom stereocenters.